The molecule has 0 aliphatic rings. The van der Waals surface area contributed by atoms with Gasteiger partial charge in [-0.2, -0.15) is 0 Å². The second kappa shape index (κ2) is 4.02. The van der Waals surface area contributed by atoms with Gasteiger partial charge in [-0.05, 0) is 18.2 Å². The number of benzene rings is 1. The van der Waals surface area contributed by atoms with Crippen LogP contribution in [0, 0.1) is 0 Å². The molecule has 0 atom stereocenters. The summed E-state index contributed by atoms with van der Waals surface area (Å²) >= 11 is 0. The highest BCUT2D eigenvalue weighted by Gasteiger charge is 2.01. The van der Waals surface area contributed by atoms with E-state index in [9.17, 15) is 9.59 Å². The van der Waals surface area contributed by atoms with Gasteiger partial charge < -0.3 is 9.52 Å². The topological polar surface area (TPSA) is 67.5 Å². The molecule has 0 radical (unpaired) electrons. The number of carboxylic acids is 1. The van der Waals surface area contributed by atoms with E-state index in [1.54, 1.807) is 24.3 Å². The van der Waals surface area contributed by atoms with Crippen molar-refractivity contribution in [2.24, 2.45) is 0 Å². The van der Waals surface area contributed by atoms with Crippen LogP contribution in [-0.4, -0.2) is 11.1 Å². The Bertz CT molecular complexity index is 622. The molecule has 0 spiro atoms. The summed E-state index contributed by atoms with van der Waals surface area (Å²) < 4.78 is 5.34. The van der Waals surface area contributed by atoms with E-state index in [0.717, 1.165) is 6.08 Å². The molecule has 0 unspecified atom stereocenters. The largest absolute Gasteiger partial charge is 0.478 e. The minimum Gasteiger partial charge on any atom is -0.478 e. The molecule has 0 aliphatic carbocycles. The molecule has 1 aromatic carbocycles. The van der Waals surface area contributed by atoms with Gasteiger partial charge in [0.25, 0.3) is 0 Å². The van der Waals surface area contributed by atoms with Gasteiger partial charge in [-0.25, -0.2) is 4.79 Å². The summed E-state index contributed by atoms with van der Waals surface area (Å²) in [5.74, 6) is -0.859. The molecular weight excluding hydrogens is 208 g/mol. The second-order valence-electron chi connectivity index (χ2n) is 3.18. The Morgan fingerprint density at radius 2 is 2.06 bits per heavy atom. The molecule has 4 heteroatoms. The van der Waals surface area contributed by atoms with Gasteiger partial charge in [-0.15, -0.1) is 0 Å². The van der Waals surface area contributed by atoms with Gasteiger partial charge in [-0.1, -0.05) is 12.1 Å². The molecule has 16 heavy (non-hydrogen) atoms. The lowest BCUT2D eigenvalue weighted by molar-refractivity contribution is -0.131. The third-order valence-corrected chi connectivity index (χ3v) is 2.04. The first-order valence-corrected chi connectivity index (χ1v) is 4.61. The van der Waals surface area contributed by atoms with Gasteiger partial charge in [0.2, 0.25) is 0 Å². The maximum atomic E-state index is 11.6. The number of hydrogen-bond donors (Lipinski definition) is 1. The van der Waals surface area contributed by atoms with E-state index < -0.39 is 5.97 Å². The highest BCUT2D eigenvalue weighted by atomic mass is 16.4. The number of aliphatic carboxylic acids is 1. The average molecular weight is 216 g/mol. The lowest BCUT2D eigenvalue weighted by atomic mass is 10.2. The van der Waals surface area contributed by atoms with E-state index in [2.05, 4.69) is 0 Å². The first-order valence-electron chi connectivity index (χ1n) is 4.61. The van der Waals surface area contributed by atoms with Gasteiger partial charge >= 0.3 is 5.97 Å². The molecule has 1 aromatic heterocycles. The summed E-state index contributed by atoms with van der Waals surface area (Å²) in [7, 11) is 0. The van der Waals surface area contributed by atoms with E-state index in [1.165, 1.54) is 12.1 Å². The Balaban J connectivity index is 2.58. The summed E-state index contributed by atoms with van der Waals surface area (Å²) in [6, 6.07) is 8.07. The van der Waals surface area contributed by atoms with E-state index in [4.69, 9.17) is 9.52 Å². The van der Waals surface area contributed by atoms with Crippen molar-refractivity contribution in [3.8, 4) is 0 Å². The zero-order valence-electron chi connectivity index (χ0n) is 8.21. The fraction of sp³-hybridized carbons (Fsp3) is 0. The van der Waals surface area contributed by atoms with Crippen LogP contribution in [0.1, 0.15) is 5.76 Å². The summed E-state index contributed by atoms with van der Waals surface area (Å²) in [5.41, 5.74) is 0.256. The van der Waals surface area contributed by atoms with E-state index in [1.807, 2.05) is 0 Å². The number of carboxylic acid groups (broad SMARTS) is 1. The maximum absolute atomic E-state index is 11.6. The normalized spacial score (nSPS) is 11.0. The smallest absolute Gasteiger partial charge is 0.328 e. The third kappa shape index (κ3) is 2.00. The quantitative estimate of drug-likeness (QED) is 0.778. The zero-order valence-corrected chi connectivity index (χ0v) is 8.21. The molecule has 0 aliphatic heterocycles. The highest BCUT2D eigenvalue weighted by Crippen LogP contribution is 2.12. The van der Waals surface area contributed by atoms with Crippen LogP contribution >= 0.6 is 0 Å². The fourth-order valence-electron chi connectivity index (χ4n) is 1.36. The average Bonchev–Trinajstić information content (AvgIpc) is 2.26. The van der Waals surface area contributed by atoms with Crippen LogP contribution in [-0.2, 0) is 4.79 Å². The predicted octanol–water partition coefficient (Wildman–Crippen LogP) is 1.89. The standard InChI is InChI=1S/C12H8O4/c13-10-7-8(5-6-12(14)15)16-11-4-2-1-3-9(10)11/h1-7H,(H,14,15)/b6-5+. The number of carbonyl (C=O) groups is 1. The Hall–Kier alpha value is -2.36. The molecule has 0 fully saturated rings. The van der Waals surface area contributed by atoms with Crippen LogP contribution in [0.4, 0.5) is 0 Å². The minimum absolute atomic E-state index is 0.188. The predicted molar refractivity (Wildman–Crippen MR) is 59.2 cm³/mol. The number of fused-ring (bicyclic) bond motifs is 1. The van der Waals surface area contributed by atoms with Gasteiger partial charge in [0.05, 0.1) is 5.39 Å². The summed E-state index contributed by atoms with van der Waals surface area (Å²) in [6.45, 7) is 0. The molecule has 80 valence electrons. The van der Waals surface area contributed by atoms with Gasteiger partial charge in [0, 0.05) is 12.1 Å². The lowest BCUT2D eigenvalue weighted by Gasteiger charge is -1.97. The fourth-order valence-corrected chi connectivity index (χ4v) is 1.36. The third-order valence-electron chi connectivity index (χ3n) is 2.04. The van der Waals surface area contributed by atoms with Crippen molar-refractivity contribution in [1.82, 2.24) is 0 Å². The first kappa shape index (κ1) is 10.2. The van der Waals surface area contributed by atoms with Crippen molar-refractivity contribution in [3.63, 3.8) is 0 Å². The van der Waals surface area contributed by atoms with E-state index >= 15 is 0 Å². The number of rotatable bonds is 2. The molecule has 1 heterocycles. The molecule has 1 N–H and O–H groups in total. The van der Waals surface area contributed by atoms with Crippen LogP contribution in [0.25, 0.3) is 17.0 Å². The Labute approximate surface area is 90.4 Å². The molecule has 0 saturated heterocycles. The second-order valence-corrected chi connectivity index (χ2v) is 3.18. The monoisotopic (exact) mass is 216 g/mol. The van der Waals surface area contributed by atoms with Crippen molar-refractivity contribution in [3.05, 3.63) is 52.4 Å². The number of para-hydroxylation sites is 1. The van der Waals surface area contributed by atoms with Crippen LogP contribution in [0.2, 0.25) is 0 Å². The van der Waals surface area contributed by atoms with Crippen molar-refractivity contribution >= 4 is 23.0 Å². The van der Waals surface area contributed by atoms with E-state index in [0.29, 0.717) is 11.0 Å². The summed E-state index contributed by atoms with van der Waals surface area (Å²) in [4.78, 5) is 21.9. The SMILES string of the molecule is O=C(O)/C=C/c1cc(=O)c2ccccc2o1. The molecule has 2 rings (SSSR count). The van der Waals surface area contributed by atoms with Crippen molar-refractivity contribution in [2.45, 2.75) is 0 Å². The highest BCUT2D eigenvalue weighted by molar-refractivity contribution is 5.85. The Kier molecular flexibility index (Phi) is 2.55. The van der Waals surface area contributed by atoms with Gasteiger partial charge in [-0.3, -0.25) is 4.79 Å². The van der Waals surface area contributed by atoms with Crippen LogP contribution in [0.5, 0.6) is 0 Å². The Morgan fingerprint density at radius 1 is 1.31 bits per heavy atom. The van der Waals surface area contributed by atoms with Crippen LogP contribution in [0.15, 0.2) is 45.6 Å². The summed E-state index contributed by atoms with van der Waals surface area (Å²) in [6.07, 6.45) is 2.17. The Morgan fingerprint density at radius 3 is 2.81 bits per heavy atom. The molecule has 4 nitrogen and oxygen atoms in total. The van der Waals surface area contributed by atoms with Gasteiger partial charge in [0.15, 0.2) is 5.43 Å². The summed E-state index contributed by atoms with van der Waals surface area (Å²) in [5, 5.41) is 8.93. The molecule has 0 saturated carbocycles. The maximum Gasteiger partial charge on any atom is 0.328 e. The molecule has 2 aromatic rings. The van der Waals surface area contributed by atoms with Crippen molar-refractivity contribution in [1.29, 1.82) is 0 Å². The van der Waals surface area contributed by atoms with Crippen molar-refractivity contribution < 1.29 is 14.3 Å². The lowest BCUT2D eigenvalue weighted by Crippen LogP contribution is -1.99. The molecule has 0 amide bonds. The van der Waals surface area contributed by atoms with Crippen LogP contribution in [0.3, 0.4) is 0 Å². The van der Waals surface area contributed by atoms with Crippen molar-refractivity contribution in [2.75, 3.05) is 0 Å². The van der Waals surface area contributed by atoms with Crippen LogP contribution < -0.4 is 5.43 Å². The molecular formula is C12H8O4. The zero-order chi connectivity index (χ0) is 11.5. The molecule has 0 bridgehead atoms. The number of hydrogen-bond acceptors (Lipinski definition) is 3. The van der Waals surface area contributed by atoms with Gasteiger partial charge in [0.1, 0.15) is 11.3 Å². The van der Waals surface area contributed by atoms with E-state index in [-0.39, 0.29) is 11.2 Å². The first-order chi connectivity index (χ1) is 7.66. The minimum atomic E-state index is -1.09.